The summed E-state index contributed by atoms with van der Waals surface area (Å²) in [5.74, 6) is -0.414. The van der Waals surface area contributed by atoms with E-state index in [4.69, 9.17) is 4.74 Å². The first-order chi connectivity index (χ1) is 13.6. The number of hydrogen-bond acceptors (Lipinski definition) is 5. The number of carbonyl (C=O) groups excluding carboxylic acids is 3. The second-order valence-electron chi connectivity index (χ2n) is 6.94. The number of imide groups is 1. The minimum atomic E-state index is -0.320. The summed E-state index contributed by atoms with van der Waals surface area (Å²) in [7, 11) is 1.51. The van der Waals surface area contributed by atoms with Crippen molar-refractivity contribution in [1.29, 1.82) is 0 Å². The summed E-state index contributed by atoms with van der Waals surface area (Å²) in [6, 6.07) is 12.0. The molecule has 1 atom stereocenters. The Balaban J connectivity index is 0.00000240. The Morgan fingerprint density at radius 1 is 1.17 bits per heavy atom. The molecule has 1 unspecified atom stereocenters. The predicted octanol–water partition coefficient (Wildman–Crippen LogP) is 2.00. The van der Waals surface area contributed by atoms with Gasteiger partial charge in [-0.2, -0.15) is 0 Å². The Morgan fingerprint density at radius 3 is 2.45 bits per heavy atom. The number of amides is 3. The van der Waals surface area contributed by atoms with Gasteiger partial charge in [0.15, 0.2) is 0 Å². The van der Waals surface area contributed by atoms with Gasteiger partial charge in [-0.3, -0.25) is 19.3 Å². The Bertz CT molecular complexity index is 922. The number of benzene rings is 2. The average molecular weight is 416 g/mol. The first kappa shape index (κ1) is 20.8. The third-order valence-corrected chi connectivity index (χ3v) is 5.12. The van der Waals surface area contributed by atoms with Crippen molar-refractivity contribution in [2.75, 3.05) is 20.2 Å². The lowest BCUT2D eigenvalue weighted by molar-refractivity contribution is 0.0642. The lowest BCUT2D eigenvalue weighted by Crippen LogP contribution is -2.36. The summed E-state index contributed by atoms with van der Waals surface area (Å²) in [6.07, 6.45) is 0.878. The zero-order chi connectivity index (χ0) is 19.7. The van der Waals surface area contributed by atoms with E-state index in [0.717, 1.165) is 19.5 Å². The molecule has 0 spiro atoms. The molecule has 3 amide bonds. The van der Waals surface area contributed by atoms with E-state index in [1.54, 1.807) is 42.5 Å². The standard InChI is InChI=1S/C21H21N3O4.ClH/c1-28-18-7-6-13(10-17(18)19(25)23-14-8-9-22-11-14)12-24-20(26)15-4-2-3-5-16(15)21(24)27;/h2-7,10,14,22H,8-9,11-12H2,1H3,(H,23,25);1H. The molecule has 152 valence electrons. The van der Waals surface area contributed by atoms with Gasteiger partial charge in [0.05, 0.1) is 30.3 Å². The van der Waals surface area contributed by atoms with Crippen molar-refractivity contribution in [2.24, 2.45) is 0 Å². The summed E-state index contributed by atoms with van der Waals surface area (Å²) < 4.78 is 5.32. The van der Waals surface area contributed by atoms with Crippen molar-refractivity contribution < 1.29 is 19.1 Å². The molecule has 2 aliphatic heterocycles. The Hall–Kier alpha value is -2.90. The number of methoxy groups -OCH3 is 1. The second kappa shape index (κ2) is 8.63. The van der Waals surface area contributed by atoms with E-state index >= 15 is 0 Å². The fourth-order valence-electron chi connectivity index (χ4n) is 3.64. The molecule has 1 fully saturated rings. The smallest absolute Gasteiger partial charge is 0.261 e. The van der Waals surface area contributed by atoms with Gasteiger partial charge in [-0.05, 0) is 42.8 Å². The van der Waals surface area contributed by atoms with Crippen LogP contribution in [0.15, 0.2) is 42.5 Å². The Kier molecular flexibility index (Phi) is 6.20. The fourth-order valence-corrected chi connectivity index (χ4v) is 3.64. The highest BCUT2D eigenvalue weighted by Gasteiger charge is 2.35. The van der Waals surface area contributed by atoms with Gasteiger partial charge in [-0.15, -0.1) is 12.4 Å². The number of nitrogens with zero attached hydrogens (tertiary/aromatic N) is 1. The lowest BCUT2D eigenvalue weighted by atomic mass is 10.1. The van der Waals surface area contributed by atoms with Crippen LogP contribution in [0, 0.1) is 0 Å². The largest absolute Gasteiger partial charge is 0.496 e. The van der Waals surface area contributed by atoms with Gasteiger partial charge < -0.3 is 15.4 Å². The van der Waals surface area contributed by atoms with Crippen molar-refractivity contribution in [2.45, 2.75) is 19.0 Å². The molecule has 0 saturated carbocycles. The van der Waals surface area contributed by atoms with Crippen molar-refractivity contribution >= 4 is 30.1 Å². The SMILES string of the molecule is COc1ccc(CN2C(=O)c3ccccc3C2=O)cc1C(=O)NC1CCNC1.Cl. The molecule has 7 nitrogen and oxygen atoms in total. The van der Waals surface area contributed by atoms with Crippen LogP contribution in [0.5, 0.6) is 5.75 Å². The van der Waals surface area contributed by atoms with Crippen LogP contribution in [-0.2, 0) is 6.54 Å². The van der Waals surface area contributed by atoms with Gasteiger partial charge in [0.2, 0.25) is 0 Å². The van der Waals surface area contributed by atoms with Crippen LogP contribution in [0.1, 0.15) is 43.1 Å². The van der Waals surface area contributed by atoms with E-state index in [1.807, 2.05) is 0 Å². The van der Waals surface area contributed by atoms with Gasteiger partial charge in [-0.25, -0.2) is 0 Å². The maximum absolute atomic E-state index is 12.7. The normalized spacial score (nSPS) is 17.7. The molecule has 4 rings (SSSR count). The van der Waals surface area contributed by atoms with Gasteiger partial charge in [0, 0.05) is 12.6 Å². The van der Waals surface area contributed by atoms with Crippen LogP contribution in [0.3, 0.4) is 0 Å². The highest BCUT2D eigenvalue weighted by atomic mass is 35.5. The summed E-state index contributed by atoms with van der Waals surface area (Å²) in [5.41, 5.74) is 1.90. The number of carbonyl (C=O) groups is 3. The number of halogens is 1. The number of hydrogen-bond donors (Lipinski definition) is 2. The Labute approximate surface area is 174 Å². The first-order valence-electron chi connectivity index (χ1n) is 9.22. The average Bonchev–Trinajstić information content (AvgIpc) is 3.31. The van der Waals surface area contributed by atoms with Crippen LogP contribution in [0.2, 0.25) is 0 Å². The summed E-state index contributed by atoms with van der Waals surface area (Å²) in [5, 5.41) is 6.20. The Morgan fingerprint density at radius 2 is 1.86 bits per heavy atom. The topological polar surface area (TPSA) is 87.7 Å². The molecule has 0 radical (unpaired) electrons. The molecule has 2 N–H and O–H groups in total. The molecule has 29 heavy (non-hydrogen) atoms. The predicted molar refractivity (Wildman–Crippen MR) is 110 cm³/mol. The van der Waals surface area contributed by atoms with E-state index in [1.165, 1.54) is 12.0 Å². The first-order valence-corrected chi connectivity index (χ1v) is 9.22. The van der Waals surface area contributed by atoms with Crippen molar-refractivity contribution in [3.63, 3.8) is 0 Å². The molecule has 2 aromatic rings. The molecule has 0 aliphatic carbocycles. The van der Waals surface area contributed by atoms with E-state index in [2.05, 4.69) is 10.6 Å². The minimum absolute atomic E-state index is 0. The number of fused-ring (bicyclic) bond motifs is 1. The van der Waals surface area contributed by atoms with Gasteiger partial charge in [0.25, 0.3) is 17.7 Å². The number of rotatable bonds is 5. The molecule has 1 saturated heterocycles. The van der Waals surface area contributed by atoms with Crippen LogP contribution in [0.25, 0.3) is 0 Å². The van der Waals surface area contributed by atoms with Gasteiger partial charge in [0.1, 0.15) is 5.75 Å². The minimum Gasteiger partial charge on any atom is -0.496 e. The van der Waals surface area contributed by atoms with E-state index in [0.29, 0.717) is 28.0 Å². The van der Waals surface area contributed by atoms with Crippen LogP contribution in [0.4, 0.5) is 0 Å². The third-order valence-electron chi connectivity index (χ3n) is 5.12. The maximum atomic E-state index is 12.7. The highest BCUT2D eigenvalue weighted by Crippen LogP contribution is 2.26. The van der Waals surface area contributed by atoms with Gasteiger partial charge >= 0.3 is 0 Å². The molecule has 8 heteroatoms. The summed E-state index contributed by atoms with van der Waals surface area (Å²) in [6.45, 7) is 1.71. The monoisotopic (exact) mass is 415 g/mol. The van der Waals surface area contributed by atoms with E-state index in [-0.39, 0.29) is 42.7 Å². The zero-order valence-corrected chi connectivity index (χ0v) is 16.8. The maximum Gasteiger partial charge on any atom is 0.261 e. The molecular formula is C21H22ClN3O4. The van der Waals surface area contributed by atoms with Crippen LogP contribution >= 0.6 is 12.4 Å². The van der Waals surface area contributed by atoms with Crippen LogP contribution in [-0.4, -0.2) is 48.9 Å². The lowest BCUT2D eigenvalue weighted by Gasteiger charge is -2.17. The third kappa shape index (κ3) is 3.97. The van der Waals surface area contributed by atoms with Crippen LogP contribution < -0.4 is 15.4 Å². The fraction of sp³-hybridized carbons (Fsp3) is 0.286. The second-order valence-corrected chi connectivity index (χ2v) is 6.94. The quantitative estimate of drug-likeness (QED) is 0.729. The highest BCUT2D eigenvalue weighted by molar-refractivity contribution is 6.21. The molecule has 2 heterocycles. The summed E-state index contributed by atoms with van der Waals surface area (Å²) in [4.78, 5) is 39.1. The van der Waals surface area contributed by atoms with Crippen molar-refractivity contribution in [3.05, 3.63) is 64.7 Å². The molecular weight excluding hydrogens is 394 g/mol. The molecule has 0 aromatic heterocycles. The number of ether oxygens (including phenoxy) is 1. The van der Waals surface area contributed by atoms with Crippen molar-refractivity contribution in [1.82, 2.24) is 15.5 Å². The van der Waals surface area contributed by atoms with E-state index < -0.39 is 0 Å². The van der Waals surface area contributed by atoms with E-state index in [9.17, 15) is 14.4 Å². The van der Waals surface area contributed by atoms with Gasteiger partial charge in [-0.1, -0.05) is 18.2 Å². The zero-order valence-electron chi connectivity index (χ0n) is 15.9. The summed E-state index contributed by atoms with van der Waals surface area (Å²) >= 11 is 0. The number of nitrogens with one attached hydrogen (secondary N) is 2. The molecule has 0 bridgehead atoms. The molecule has 2 aliphatic rings. The molecule has 2 aromatic carbocycles. The van der Waals surface area contributed by atoms with Crippen molar-refractivity contribution in [3.8, 4) is 5.75 Å².